The highest BCUT2D eigenvalue weighted by atomic mass is 16.6. The van der Waals surface area contributed by atoms with E-state index in [0.29, 0.717) is 18.4 Å². The lowest BCUT2D eigenvalue weighted by molar-refractivity contribution is -0.162. The first-order chi connectivity index (χ1) is 8.47. The minimum Gasteiger partial charge on any atom is -0.462 e. The van der Waals surface area contributed by atoms with Crippen molar-refractivity contribution in [1.82, 2.24) is 0 Å². The van der Waals surface area contributed by atoms with Crippen LogP contribution < -0.4 is 0 Å². The summed E-state index contributed by atoms with van der Waals surface area (Å²) in [6.07, 6.45) is 1.09. The largest absolute Gasteiger partial charge is 0.462 e. The van der Waals surface area contributed by atoms with Gasteiger partial charge in [0.2, 0.25) is 0 Å². The molecule has 0 aliphatic rings. The second-order valence-electron chi connectivity index (χ2n) is 3.65. The van der Waals surface area contributed by atoms with Gasteiger partial charge < -0.3 is 14.2 Å². The third-order valence-electron chi connectivity index (χ3n) is 1.85. The summed E-state index contributed by atoms with van der Waals surface area (Å²) in [5.41, 5.74) is 0.333. The molecule has 0 atom stereocenters. The standard InChI is InChI=1S/C12H18O6/c1-9(2)12(15)17-7-5-4-6-10(13)18-11(14)8-16-3/h1,4-8H2,2-3H3. The van der Waals surface area contributed by atoms with Crippen LogP contribution in [0.25, 0.3) is 0 Å². The number of carbonyl (C=O) groups excluding carboxylic acids is 3. The molecule has 0 radical (unpaired) electrons. The molecule has 0 rings (SSSR count). The molecule has 0 bridgehead atoms. The van der Waals surface area contributed by atoms with E-state index >= 15 is 0 Å². The molecule has 0 unspecified atom stereocenters. The average molecular weight is 258 g/mol. The highest BCUT2D eigenvalue weighted by molar-refractivity contribution is 5.87. The molecule has 0 saturated carbocycles. The van der Waals surface area contributed by atoms with Crippen molar-refractivity contribution in [2.24, 2.45) is 0 Å². The van der Waals surface area contributed by atoms with Gasteiger partial charge in [0.15, 0.2) is 0 Å². The molecule has 0 N–H and O–H groups in total. The van der Waals surface area contributed by atoms with E-state index in [1.54, 1.807) is 6.92 Å². The summed E-state index contributed by atoms with van der Waals surface area (Å²) in [5, 5.41) is 0. The molecular weight excluding hydrogens is 240 g/mol. The van der Waals surface area contributed by atoms with Crippen molar-refractivity contribution in [1.29, 1.82) is 0 Å². The Labute approximate surface area is 106 Å². The van der Waals surface area contributed by atoms with Gasteiger partial charge in [-0.3, -0.25) is 4.79 Å². The Kier molecular flexibility index (Phi) is 8.47. The maximum atomic E-state index is 11.1. The molecule has 6 heteroatoms. The summed E-state index contributed by atoms with van der Waals surface area (Å²) in [7, 11) is 1.33. The summed E-state index contributed by atoms with van der Waals surface area (Å²) in [6.45, 7) is 4.96. The summed E-state index contributed by atoms with van der Waals surface area (Å²) in [6, 6.07) is 0. The van der Waals surface area contributed by atoms with E-state index < -0.39 is 17.9 Å². The van der Waals surface area contributed by atoms with Crippen molar-refractivity contribution in [3.8, 4) is 0 Å². The number of ether oxygens (including phenoxy) is 3. The van der Waals surface area contributed by atoms with E-state index in [1.807, 2.05) is 0 Å². The molecule has 0 aromatic rings. The van der Waals surface area contributed by atoms with Gasteiger partial charge in [0, 0.05) is 19.1 Å². The fraction of sp³-hybridized carbons (Fsp3) is 0.583. The lowest BCUT2D eigenvalue weighted by Crippen LogP contribution is -2.16. The molecule has 0 aliphatic heterocycles. The van der Waals surface area contributed by atoms with Gasteiger partial charge in [-0.15, -0.1) is 0 Å². The Morgan fingerprint density at radius 3 is 2.33 bits per heavy atom. The number of hydrogen-bond donors (Lipinski definition) is 0. The average Bonchev–Trinajstić information content (AvgIpc) is 2.28. The number of esters is 3. The molecule has 0 heterocycles. The molecule has 0 aromatic carbocycles. The van der Waals surface area contributed by atoms with E-state index in [1.165, 1.54) is 7.11 Å². The van der Waals surface area contributed by atoms with Gasteiger partial charge in [0.05, 0.1) is 6.61 Å². The maximum Gasteiger partial charge on any atom is 0.339 e. The molecule has 0 aromatic heterocycles. The third-order valence-corrected chi connectivity index (χ3v) is 1.85. The highest BCUT2D eigenvalue weighted by Crippen LogP contribution is 2.00. The number of methoxy groups -OCH3 is 1. The number of carbonyl (C=O) groups is 3. The van der Waals surface area contributed by atoms with Crippen LogP contribution in [0.2, 0.25) is 0 Å². The van der Waals surface area contributed by atoms with Crippen LogP contribution in [0.5, 0.6) is 0 Å². The van der Waals surface area contributed by atoms with Crippen molar-refractivity contribution in [3.63, 3.8) is 0 Å². The Bertz CT molecular complexity index is 321. The van der Waals surface area contributed by atoms with E-state index in [9.17, 15) is 14.4 Å². The molecule has 0 fully saturated rings. The van der Waals surface area contributed by atoms with Crippen molar-refractivity contribution >= 4 is 17.9 Å². The summed E-state index contributed by atoms with van der Waals surface area (Å²) in [5.74, 6) is -1.77. The van der Waals surface area contributed by atoms with Crippen molar-refractivity contribution in [3.05, 3.63) is 12.2 Å². The quantitative estimate of drug-likeness (QED) is 0.279. The van der Waals surface area contributed by atoms with E-state index in [4.69, 9.17) is 4.74 Å². The normalized spacial score (nSPS) is 9.67. The topological polar surface area (TPSA) is 78.9 Å². The monoisotopic (exact) mass is 258 g/mol. The zero-order chi connectivity index (χ0) is 14.0. The Morgan fingerprint density at radius 1 is 1.11 bits per heavy atom. The fourth-order valence-electron chi connectivity index (χ4n) is 0.985. The van der Waals surface area contributed by atoms with Gasteiger partial charge in [0.1, 0.15) is 6.61 Å². The van der Waals surface area contributed by atoms with Gasteiger partial charge >= 0.3 is 17.9 Å². The van der Waals surface area contributed by atoms with Crippen LogP contribution in [0.3, 0.4) is 0 Å². The van der Waals surface area contributed by atoms with Gasteiger partial charge in [-0.2, -0.15) is 0 Å². The Balaban J connectivity index is 3.55. The van der Waals surface area contributed by atoms with Crippen molar-refractivity contribution in [2.75, 3.05) is 20.3 Å². The van der Waals surface area contributed by atoms with Gasteiger partial charge in [-0.1, -0.05) is 6.58 Å². The Morgan fingerprint density at radius 2 is 1.78 bits per heavy atom. The maximum absolute atomic E-state index is 11.1. The van der Waals surface area contributed by atoms with Gasteiger partial charge in [-0.25, -0.2) is 9.59 Å². The van der Waals surface area contributed by atoms with Crippen LogP contribution >= 0.6 is 0 Å². The van der Waals surface area contributed by atoms with Crippen LogP contribution in [0.4, 0.5) is 0 Å². The lowest BCUT2D eigenvalue weighted by Gasteiger charge is -2.04. The van der Waals surface area contributed by atoms with Gasteiger partial charge in [0.25, 0.3) is 0 Å². The van der Waals surface area contributed by atoms with Crippen LogP contribution in [0, 0.1) is 0 Å². The molecule has 0 saturated heterocycles. The number of unbranched alkanes of at least 4 members (excludes halogenated alkanes) is 1. The van der Waals surface area contributed by atoms with Crippen LogP contribution in [0.15, 0.2) is 12.2 Å². The van der Waals surface area contributed by atoms with Crippen molar-refractivity contribution in [2.45, 2.75) is 26.2 Å². The first-order valence-corrected chi connectivity index (χ1v) is 5.52. The molecule has 102 valence electrons. The molecule has 0 amide bonds. The lowest BCUT2D eigenvalue weighted by atomic mass is 10.2. The predicted octanol–water partition coefficient (Wildman–Crippen LogP) is 0.992. The zero-order valence-corrected chi connectivity index (χ0v) is 10.7. The molecule has 6 nitrogen and oxygen atoms in total. The summed E-state index contributed by atoms with van der Waals surface area (Å²) >= 11 is 0. The second-order valence-corrected chi connectivity index (χ2v) is 3.65. The van der Waals surface area contributed by atoms with Crippen LogP contribution in [-0.4, -0.2) is 38.2 Å². The first-order valence-electron chi connectivity index (χ1n) is 5.52. The number of hydrogen-bond acceptors (Lipinski definition) is 6. The molecule has 0 spiro atoms. The minimum absolute atomic E-state index is 0.0973. The van der Waals surface area contributed by atoms with Crippen LogP contribution in [-0.2, 0) is 28.6 Å². The number of rotatable bonds is 8. The minimum atomic E-state index is -0.712. The summed E-state index contributed by atoms with van der Waals surface area (Å²) in [4.78, 5) is 33.0. The summed E-state index contributed by atoms with van der Waals surface area (Å²) < 4.78 is 13.8. The SMILES string of the molecule is C=C(C)C(=O)OCCCCC(=O)OC(=O)COC. The third kappa shape index (κ3) is 8.46. The second kappa shape index (κ2) is 9.35. The molecular formula is C12H18O6. The van der Waals surface area contributed by atoms with Crippen LogP contribution in [0.1, 0.15) is 26.2 Å². The molecule has 18 heavy (non-hydrogen) atoms. The first kappa shape index (κ1) is 16.3. The van der Waals surface area contributed by atoms with E-state index in [2.05, 4.69) is 16.1 Å². The smallest absolute Gasteiger partial charge is 0.339 e. The van der Waals surface area contributed by atoms with Crippen molar-refractivity contribution < 1.29 is 28.6 Å². The van der Waals surface area contributed by atoms with E-state index in [0.717, 1.165) is 0 Å². The Hall–Kier alpha value is -1.69. The zero-order valence-electron chi connectivity index (χ0n) is 10.7. The fourth-order valence-corrected chi connectivity index (χ4v) is 0.985. The highest BCUT2D eigenvalue weighted by Gasteiger charge is 2.09. The van der Waals surface area contributed by atoms with Gasteiger partial charge in [-0.05, 0) is 19.8 Å². The van der Waals surface area contributed by atoms with E-state index in [-0.39, 0.29) is 19.6 Å². The molecule has 0 aliphatic carbocycles. The predicted molar refractivity (Wildman–Crippen MR) is 62.6 cm³/mol.